The Hall–Kier alpha value is -0.940. The number of nitrogens with zero attached hydrogens (tertiary/aromatic N) is 1. The summed E-state index contributed by atoms with van der Waals surface area (Å²) in [5.41, 5.74) is 5.52. The number of nitrogens with two attached hydrogens (primary N) is 1. The minimum atomic E-state index is 0.163. The van der Waals surface area contributed by atoms with Crippen LogP contribution in [0.15, 0.2) is 24.3 Å². The standard InChI is InChI=1S/C15H25N3O/c1-3-18-7-8-19-15(11-18)14(17-16)10-13-6-4-5-12(2)9-13/h4-6,9,14-15,17H,3,7-8,10-11,16H2,1-2H3. The third kappa shape index (κ3) is 4.01. The molecule has 0 saturated carbocycles. The van der Waals surface area contributed by atoms with Gasteiger partial charge < -0.3 is 4.74 Å². The second-order valence-electron chi connectivity index (χ2n) is 5.27. The molecule has 1 aromatic carbocycles. The van der Waals surface area contributed by atoms with Gasteiger partial charge in [0.05, 0.1) is 18.8 Å². The first-order chi connectivity index (χ1) is 9.22. The predicted octanol–water partition coefficient (Wildman–Crippen LogP) is 1.09. The lowest BCUT2D eigenvalue weighted by Crippen LogP contribution is -2.54. The Morgan fingerprint density at radius 1 is 1.53 bits per heavy atom. The molecule has 0 spiro atoms. The fraction of sp³-hybridized carbons (Fsp3) is 0.600. The number of rotatable bonds is 5. The molecule has 0 aliphatic carbocycles. The Morgan fingerprint density at radius 3 is 3.05 bits per heavy atom. The fourth-order valence-electron chi connectivity index (χ4n) is 2.65. The van der Waals surface area contributed by atoms with Gasteiger partial charge in [-0.05, 0) is 25.5 Å². The first kappa shape index (κ1) is 14.5. The van der Waals surface area contributed by atoms with Gasteiger partial charge in [-0.2, -0.15) is 0 Å². The molecule has 106 valence electrons. The molecule has 1 aromatic rings. The topological polar surface area (TPSA) is 50.5 Å². The number of nitrogens with one attached hydrogen (secondary N) is 1. The Morgan fingerprint density at radius 2 is 2.37 bits per heavy atom. The SMILES string of the molecule is CCN1CCOC(C(Cc2cccc(C)c2)NN)C1. The lowest BCUT2D eigenvalue weighted by atomic mass is 9.99. The van der Waals surface area contributed by atoms with Crippen molar-refractivity contribution in [2.45, 2.75) is 32.4 Å². The molecule has 1 fully saturated rings. The van der Waals surface area contributed by atoms with E-state index in [1.54, 1.807) is 0 Å². The highest BCUT2D eigenvalue weighted by Gasteiger charge is 2.26. The van der Waals surface area contributed by atoms with E-state index >= 15 is 0 Å². The predicted molar refractivity (Wildman–Crippen MR) is 77.8 cm³/mol. The highest BCUT2D eigenvalue weighted by molar-refractivity contribution is 5.23. The Labute approximate surface area is 115 Å². The highest BCUT2D eigenvalue weighted by Crippen LogP contribution is 2.14. The number of hydrazine groups is 1. The van der Waals surface area contributed by atoms with Crippen LogP contribution < -0.4 is 11.3 Å². The number of likely N-dealkylation sites (N-methyl/N-ethyl adjacent to an activating group) is 1. The van der Waals surface area contributed by atoms with Crippen LogP contribution in [0.1, 0.15) is 18.1 Å². The van der Waals surface area contributed by atoms with Gasteiger partial charge in [0.15, 0.2) is 0 Å². The van der Waals surface area contributed by atoms with Gasteiger partial charge in [0.2, 0.25) is 0 Å². The summed E-state index contributed by atoms with van der Waals surface area (Å²) in [6, 6.07) is 8.74. The summed E-state index contributed by atoms with van der Waals surface area (Å²) in [7, 11) is 0. The number of hydrogen-bond acceptors (Lipinski definition) is 4. The Bertz CT molecular complexity index is 397. The molecule has 1 saturated heterocycles. The van der Waals surface area contributed by atoms with E-state index in [0.29, 0.717) is 0 Å². The summed E-state index contributed by atoms with van der Waals surface area (Å²) in [6.45, 7) is 8.15. The highest BCUT2D eigenvalue weighted by atomic mass is 16.5. The van der Waals surface area contributed by atoms with Crippen molar-refractivity contribution in [3.63, 3.8) is 0 Å². The van der Waals surface area contributed by atoms with Gasteiger partial charge >= 0.3 is 0 Å². The minimum Gasteiger partial charge on any atom is -0.374 e. The van der Waals surface area contributed by atoms with Crippen LogP contribution in [0.4, 0.5) is 0 Å². The molecular formula is C15H25N3O. The van der Waals surface area contributed by atoms with Crippen LogP contribution in [0.2, 0.25) is 0 Å². The van der Waals surface area contributed by atoms with Crippen LogP contribution in [-0.2, 0) is 11.2 Å². The van der Waals surface area contributed by atoms with Gasteiger partial charge in [-0.25, -0.2) is 0 Å². The van der Waals surface area contributed by atoms with Crippen LogP contribution in [0.3, 0.4) is 0 Å². The normalized spacial score (nSPS) is 22.4. The van der Waals surface area contributed by atoms with E-state index in [9.17, 15) is 0 Å². The molecule has 1 aliphatic heterocycles. The summed E-state index contributed by atoms with van der Waals surface area (Å²) in [6.07, 6.45) is 1.07. The maximum absolute atomic E-state index is 5.88. The lowest BCUT2D eigenvalue weighted by Gasteiger charge is -2.36. The summed E-state index contributed by atoms with van der Waals surface area (Å²) in [5, 5.41) is 0. The smallest absolute Gasteiger partial charge is 0.0871 e. The number of benzene rings is 1. The molecular weight excluding hydrogens is 238 g/mol. The average molecular weight is 263 g/mol. The molecule has 3 N–H and O–H groups in total. The molecule has 1 heterocycles. The van der Waals surface area contributed by atoms with Crippen LogP contribution in [-0.4, -0.2) is 43.3 Å². The van der Waals surface area contributed by atoms with Gasteiger partial charge in [0.1, 0.15) is 0 Å². The van der Waals surface area contributed by atoms with Crippen LogP contribution in [0.25, 0.3) is 0 Å². The molecule has 2 unspecified atom stereocenters. The monoisotopic (exact) mass is 263 g/mol. The molecule has 19 heavy (non-hydrogen) atoms. The van der Waals surface area contributed by atoms with E-state index in [-0.39, 0.29) is 12.1 Å². The summed E-state index contributed by atoms with van der Waals surface area (Å²) in [4.78, 5) is 2.41. The van der Waals surface area contributed by atoms with Crippen molar-refractivity contribution in [3.8, 4) is 0 Å². The Balaban J connectivity index is 1.99. The summed E-state index contributed by atoms with van der Waals surface area (Å²) >= 11 is 0. The van der Waals surface area contributed by atoms with Gasteiger partial charge in [-0.3, -0.25) is 16.2 Å². The number of hydrogen-bond donors (Lipinski definition) is 2. The molecule has 0 bridgehead atoms. The second-order valence-corrected chi connectivity index (χ2v) is 5.27. The number of aryl methyl sites for hydroxylation is 1. The largest absolute Gasteiger partial charge is 0.374 e. The van der Waals surface area contributed by atoms with E-state index in [1.165, 1.54) is 11.1 Å². The first-order valence-electron chi connectivity index (χ1n) is 7.08. The maximum atomic E-state index is 5.88. The minimum absolute atomic E-state index is 0.163. The van der Waals surface area contributed by atoms with E-state index in [4.69, 9.17) is 10.6 Å². The van der Waals surface area contributed by atoms with Crippen LogP contribution >= 0.6 is 0 Å². The van der Waals surface area contributed by atoms with Crippen LogP contribution in [0, 0.1) is 6.92 Å². The molecule has 4 heteroatoms. The van der Waals surface area contributed by atoms with Crippen molar-refractivity contribution in [1.82, 2.24) is 10.3 Å². The van der Waals surface area contributed by atoms with E-state index < -0.39 is 0 Å². The first-order valence-corrected chi connectivity index (χ1v) is 7.08. The molecule has 2 rings (SSSR count). The number of ether oxygens (including phenoxy) is 1. The van der Waals surface area contributed by atoms with Crippen LogP contribution in [0.5, 0.6) is 0 Å². The van der Waals surface area contributed by atoms with E-state index in [1.807, 2.05) is 0 Å². The molecule has 4 nitrogen and oxygen atoms in total. The molecule has 0 amide bonds. The van der Waals surface area contributed by atoms with Crippen molar-refractivity contribution in [1.29, 1.82) is 0 Å². The molecule has 0 aromatic heterocycles. The van der Waals surface area contributed by atoms with Gasteiger partial charge in [0.25, 0.3) is 0 Å². The van der Waals surface area contributed by atoms with Crippen molar-refractivity contribution in [3.05, 3.63) is 35.4 Å². The second kappa shape index (κ2) is 7.01. The number of morpholine rings is 1. The quantitative estimate of drug-likeness (QED) is 0.617. The third-order valence-corrected chi connectivity index (χ3v) is 3.83. The van der Waals surface area contributed by atoms with Crippen molar-refractivity contribution in [2.75, 3.05) is 26.2 Å². The third-order valence-electron chi connectivity index (χ3n) is 3.83. The van der Waals surface area contributed by atoms with Crippen molar-refractivity contribution < 1.29 is 4.74 Å². The van der Waals surface area contributed by atoms with Gasteiger partial charge in [-0.15, -0.1) is 0 Å². The Kier molecular flexibility index (Phi) is 5.34. The summed E-state index contributed by atoms with van der Waals surface area (Å²) in [5.74, 6) is 5.73. The van der Waals surface area contributed by atoms with E-state index in [2.05, 4.69) is 48.4 Å². The zero-order valence-electron chi connectivity index (χ0n) is 11.9. The zero-order chi connectivity index (χ0) is 13.7. The van der Waals surface area contributed by atoms with Gasteiger partial charge in [0, 0.05) is 13.1 Å². The lowest BCUT2D eigenvalue weighted by molar-refractivity contribution is -0.0447. The van der Waals surface area contributed by atoms with E-state index in [0.717, 1.165) is 32.7 Å². The summed E-state index contributed by atoms with van der Waals surface area (Å²) < 4.78 is 5.88. The average Bonchev–Trinajstić information content (AvgIpc) is 2.45. The fourth-order valence-corrected chi connectivity index (χ4v) is 2.65. The molecule has 1 aliphatic rings. The maximum Gasteiger partial charge on any atom is 0.0871 e. The molecule has 2 atom stereocenters. The van der Waals surface area contributed by atoms with Crippen molar-refractivity contribution in [2.24, 2.45) is 5.84 Å². The molecule has 0 radical (unpaired) electrons. The van der Waals surface area contributed by atoms with Crippen molar-refractivity contribution >= 4 is 0 Å². The van der Waals surface area contributed by atoms with Gasteiger partial charge in [-0.1, -0.05) is 36.8 Å². The zero-order valence-corrected chi connectivity index (χ0v) is 11.9.